The van der Waals surface area contributed by atoms with Crippen LogP contribution in [0.15, 0.2) is 11.4 Å². The Morgan fingerprint density at radius 1 is 1.44 bits per heavy atom. The fraction of sp³-hybridized carbons (Fsp3) is 0.692. The van der Waals surface area contributed by atoms with Crippen molar-refractivity contribution >= 4 is 22.9 Å². The van der Waals surface area contributed by atoms with Gasteiger partial charge in [0, 0.05) is 0 Å². The minimum absolute atomic E-state index is 0.358. The van der Waals surface area contributed by atoms with Gasteiger partial charge in [0.1, 0.15) is 0 Å². The summed E-state index contributed by atoms with van der Waals surface area (Å²) in [6.45, 7) is 4.63. The molecule has 0 radical (unpaired) electrons. The quantitative estimate of drug-likeness (QED) is 0.819. The van der Waals surface area contributed by atoms with Crippen LogP contribution in [0.1, 0.15) is 50.5 Å². The van der Waals surface area contributed by atoms with Crippen LogP contribution >= 0.6 is 22.9 Å². The van der Waals surface area contributed by atoms with Gasteiger partial charge in [-0.1, -0.05) is 25.4 Å². The number of aliphatic hydroxyl groups excluding tert-OH is 1. The highest BCUT2D eigenvalue weighted by molar-refractivity contribution is 7.10. The van der Waals surface area contributed by atoms with E-state index in [-0.39, 0.29) is 6.10 Å². The van der Waals surface area contributed by atoms with Crippen molar-refractivity contribution in [3.8, 4) is 0 Å². The van der Waals surface area contributed by atoms with E-state index < -0.39 is 0 Å². The maximum atomic E-state index is 10.3. The monoisotopic (exact) mass is 258 g/mol. The predicted molar refractivity (Wildman–Crippen MR) is 70.0 cm³/mol. The average Bonchev–Trinajstić information content (AvgIpc) is 2.63. The van der Waals surface area contributed by atoms with Crippen LogP contribution in [0.4, 0.5) is 0 Å². The Balaban J connectivity index is 2.02. The van der Waals surface area contributed by atoms with Crippen molar-refractivity contribution in [1.82, 2.24) is 0 Å². The van der Waals surface area contributed by atoms with Crippen LogP contribution in [0.2, 0.25) is 5.02 Å². The van der Waals surface area contributed by atoms with Gasteiger partial charge in [-0.3, -0.25) is 0 Å². The van der Waals surface area contributed by atoms with Crippen LogP contribution in [0.3, 0.4) is 0 Å². The average molecular weight is 259 g/mol. The van der Waals surface area contributed by atoms with Crippen molar-refractivity contribution in [1.29, 1.82) is 0 Å². The van der Waals surface area contributed by atoms with E-state index in [0.717, 1.165) is 22.7 Å². The van der Waals surface area contributed by atoms with E-state index >= 15 is 0 Å². The van der Waals surface area contributed by atoms with E-state index in [0.29, 0.717) is 11.3 Å². The highest BCUT2D eigenvalue weighted by atomic mass is 35.5. The first kappa shape index (κ1) is 12.4. The van der Waals surface area contributed by atoms with Crippen LogP contribution in [-0.2, 0) is 0 Å². The molecule has 1 unspecified atom stereocenters. The summed E-state index contributed by atoms with van der Waals surface area (Å²) in [5.41, 5.74) is 0.454. The number of hydrogen-bond donors (Lipinski definition) is 1. The Morgan fingerprint density at radius 2 is 2.06 bits per heavy atom. The van der Waals surface area contributed by atoms with Gasteiger partial charge in [0.2, 0.25) is 0 Å². The second-order valence-electron chi connectivity index (χ2n) is 5.58. The van der Waals surface area contributed by atoms with E-state index in [2.05, 4.69) is 13.8 Å². The van der Waals surface area contributed by atoms with Gasteiger partial charge in [-0.25, -0.2) is 0 Å². The first-order valence-corrected chi connectivity index (χ1v) is 7.16. The minimum Gasteiger partial charge on any atom is -0.387 e. The van der Waals surface area contributed by atoms with Gasteiger partial charge in [0.15, 0.2) is 0 Å². The molecule has 0 aromatic carbocycles. The fourth-order valence-corrected chi connectivity index (χ4v) is 3.71. The van der Waals surface area contributed by atoms with E-state index in [4.69, 9.17) is 11.6 Å². The molecule has 3 heteroatoms. The summed E-state index contributed by atoms with van der Waals surface area (Å²) in [6, 6.07) is 1.87. The molecule has 90 valence electrons. The van der Waals surface area contributed by atoms with E-state index in [1.807, 2.05) is 11.4 Å². The lowest BCUT2D eigenvalue weighted by Gasteiger charge is -2.36. The van der Waals surface area contributed by atoms with Crippen molar-refractivity contribution < 1.29 is 5.11 Å². The molecule has 2 rings (SSSR count). The molecule has 1 saturated carbocycles. The number of aliphatic hydroxyl groups is 1. The SMILES string of the molecule is CC1(C)CCC(C(O)c2sccc2Cl)CC1. The molecule has 1 N–H and O–H groups in total. The van der Waals surface area contributed by atoms with Crippen molar-refractivity contribution in [2.45, 2.75) is 45.6 Å². The molecule has 0 saturated heterocycles. The third kappa shape index (κ3) is 2.61. The Hall–Kier alpha value is -0.0500. The molecule has 1 fully saturated rings. The minimum atomic E-state index is -0.358. The lowest BCUT2D eigenvalue weighted by Crippen LogP contribution is -2.24. The molecular formula is C13H19ClOS. The zero-order chi connectivity index (χ0) is 11.8. The van der Waals surface area contributed by atoms with Gasteiger partial charge in [-0.15, -0.1) is 11.3 Å². The highest BCUT2D eigenvalue weighted by Gasteiger charge is 2.32. The van der Waals surface area contributed by atoms with E-state index in [9.17, 15) is 5.11 Å². The van der Waals surface area contributed by atoms with Crippen LogP contribution in [0, 0.1) is 11.3 Å². The molecule has 1 aromatic heterocycles. The summed E-state index contributed by atoms with van der Waals surface area (Å²) in [6.07, 6.45) is 4.28. The fourth-order valence-electron chi connectivity index (χ4n) is 2.47. The lowest BCUT2D eigenvalue weighted by atomic mass is 9.71. The Morgan fingerprint density at radius 3 is 2.56 bits per heavy atom. The number of rotatable bonds is 2. The third-order valence-corrected chi connectivity index (χ3v) is 5.17. The smallest absolute Gasteiger partial charge is 0.0924 e. The zero-order valence-electron chi connectivity index (χ0n) is 9.87. The Labute approximate surface area is 106 Å². The van der Waals surface area contributed by atoms with Crippen LogP contribution in [0.5, 0.6) is 0 Å². The number of hydrogen-bond acceptors (Lipinski definition) is 2. The summed E-state index contributed by atoms with van der Waals surface area (Å²) >= 11 is 7.63. The molecule has 1 atom stereocenters. The van der Waals surface area contributed by atoms with E-state index in [1.165, 1.54) is 12.8 Å². The zero-order valence-corrected chi connectivity index (χ0v) is 11.4. The van der Waals surface area contributed by atoms with Gasteiger partial charge >= 0.3 is 0 Å². The molecule has 16 heavy (non-hydrogen) atoms. The highest BCUT2D eigenvalue weighted by Crippen LogP contribution is 2.44. The number of halogens is 1. The molecular weight excluding hydrogens is 240 g/mol. The molecule has 1 aliphatic rings. The topological polar surface area (TPSA) is 20.2 Å². The maximum Gasteiger partial charge on any atom is 0.0924 e. The largest absolute Gasteiger partial charge is 0.387 e. The molecule has 1 aliphatic carbocycles. The van der Waals surface area contributed by atoms with Crippen molar-refractivity contribution in [3.63, 3.8) is 0 Å². The van der Waals surface area contributed by atoms with Crippen molar-refractivity contribution in [3.05, 3.63) is 21.3 Å². The van der Waals surface area contributed by atoms with Gasteiger partial charge < -0.3 is 5.11 Å². The predicted octanol–water partition coefficient (Wildman–Crippen LogP) is 4.65. The second kappa shape index (κ2) is 4.67. The lowest BCUT2D eigenvalue weighted by molar-refractivity contribution is 0.0592. The van der Waals surface area contributed by atoms with Gasteiger partial charge in [0.05, 0.1) is 16.0 Å². The Bertz CT molecular complexity index is 349. The molecule has 1 nitrogen and oxygen atoms in total. The van der Waals surface area contributed by atoms with Crippen LogP contribution in [0.25, 0.3) is 0 Å². The Kier molecular flexibility index (Phi) is 3.62. The molecule has 1 aromatic rings. The van der Waals surface area contributed by atoms with E-state index in [1.54, 1.807) is 11.3 Å². The summed E-state index contributed by atoms with van der Waals surface area (Å²) in [7, 11) is 0. The van der Waals surface area contributed by atoms with Crippen LogP contribution in [-0.4, -0.2) is 5.11 Å². The van der Waals surface area contributed by atoms with Crippen LogP contribution < -0.4 is 0 Å². The molecule has 1 heterocycles. The van der Waals surface area contributed by atoms with Crippen molar-refractivity contribution in [2.24, 2.45) is 11.3 Å². The van der Waals surface area contributed by atoms with Gasteiger partial charge in [0.25, 0.3) is 0 Å². The summed E-state index contributed by atoms with van der Waals surface area (Å²) in [5.74, 6) is 0.393. The standard InChI is InChI=1S/C13H19ClOS/c1-13(2)6-3-9(4-7-13)11(15)12-10(14)5-8-16-12/h5,8-9,11,15H,3-4,6-7H2,1-2H3. The molecule has 0 bridgehead atoms. The normalized spacial score (nSPS) is 23.2. The van der Waals surface area contributed by atoms with Crippen molar-refractivity contribution in [2.75, 3.05) is 0 Å². The summed E-state index contributed by atoms with van der Waals surface area (Å²) in [4.78, 5) is 0.950. The first-order valence-electron chi connectivity index (χ1n) is 5.90. The second-order valence-corrected chi connectivity index (χ2v) is 6.93. The summed E-state index contributed by atoms with van der Waals surface area (Å²) in [5, 5.41) is 13.0. The molecule has 0 aliphatic heterocycles. The maximum absolute atomic E-state index is 10.3. The summed E-state index contributed by atoms with van der Waals surface area (Å²) < 4.78 is 0. The third-order valence-electron chi connectivity index (χ3n) is 3.74. The van der Waals surface area contributed by atoms with Gasteiger partial charge in [-0.2, -0.15) is 0 Å². The number of thiophene rings is 1. The molecule has 0 amide bonds. The molecule has 0 spiro atoms. The van der Waals surface area contributed by atoms with Gasteiger partial charge in [-0.05, 0) is 48.5 Å². The first-order chi connectivity index (χ1) is 7.49.